The zero-order valence-corrected chi connectivity index (χ0v) is 16.6. The first-order chi connectivity index (χ1) is 14.3. The van der Waals surface area contributed by atoms with Gasteiger partial charge in [-0.1, -0.05) is 86.1 Å². The highest BCUT2D eigenvalue weighted by molar-refractivity contribution is 6.05. The summed E-state index contributed by atoms with van der Waals surface area (Å²) >= 11 is 0. The SMILES string of the molecule is CCCCOc1ccc2ccccc2c1/C=C(\C#N)c1cccc2ccccc12. The lowest BCUT2D eigenvalue weighted by atomic mass is 9.95. The van der Waals surface area contributed by atoms with Crippen LogP contribution in [0.1, 0.15) is 30.9 Å². The monoisotopic (exact) mass is 377 g/mol. The van der Waals surface area contributed by atoms with Crippen molar-refractivity contribution in [2.24, 2.45) is 0 Å². The van der Waals surface area contributed by atoms with E-state index in [1.54, 1.807) is 0 Å². The molecule has 0 atom stereocenters. The van der Waals surface area contributed by atoms with Gasteiger partial charge in [-0.2, -0.15) is 5.26 Å². The Morgan fingerprint density at radius 2 is 1.55 bits per heavy atom. The number of ether oxygens (including phenoxy) is 1. The van der Waals surface area contributed by atoms with Gasteiger partial charge in [0.1, 0.15) is 5.75 Å². The molecule has 0 aliphatic rings. The Bertz CT molecular complexity index is 1220. The summed E-state index contributed by atoms with van der Waals surface area (Å²) in [6.45, 7) is 2.82. The van der Waals surface area contributed by atoms with Gasteiger partial charge in [0.05, 0.1) is 18.2 Å². The summed E-state index contributed by atoms with van der Waals surface area (Å²) in [6.07, 6.45) is 4.06. The molecule has 0 saturated heterocycles. The molecular formula is C27H23NO. The zero-order chi connectivity index (χ0) is 20.1. The molecule has 4 aromatic rings. The number of nitriles is 1. The predicted molar refractivity (Wildman–Crippen MR) is 122 cm³/mol. The Kier molecular flexibility index (Phi) is 5.59. The third-order valence-electron chi connectivity index (χ3n) is 5.18. The van der Waals surface area contributed by atoms with E-state index in [-0.39, 0.29) is 0 Å². The number of allylic oxidation sites excluding steroid dienone is 1. The summed E-state index contributed by atoms with van der Waals surface area (Å²) in [5, 5.41) is 14.5. The zero-order valence-electron chi connectivity index (χ0n) is 16.6. The van der Waals surface area contributed by atoms with Gasteiger partial charge in [0.15, 0.2) is 0 Å². The second-order valence-corrected chi connectivity index (χ2v) is 7.10. The number of hydrogen-bond donors (Lipinski definition) is 0. The average molecular weight is 377 g/mol. The van der Waals surface area contributed by atoms with Crippen molar-refractivity contribution < 1.29 is 4.74 Å². The molecule has 4 rings (SSSR count). The quantitative estimate of drug-likeness (QED) is 0.202. The maximum atomic E-state index is 10.0. The van der Waals surface area contributed by atoms with Crippen molar-refractivity contribution in [3.63, 3.8) is 0 Å². The minimum absolute atomic E-state index is 0.637. The molecule has 0 aliphatic carbocycles. The number of nitrogens with zero attached hydrogens (tertiary/aromatic N) is 1. The first kappa shape index (κ1) is 18.8. The standard InChI is InChI=1S/C27H23NO/c1-2-3-17-29-27-16-15-21-10-5-7-13-24(21)26(27)18-22(19-28)25-14-8-11-20-9-4-6-12-23(20)25/h4-16,18H,2-3,17H2,1H3/b22-18+. The molecule has 0 radical (unpaired) electrons. The first-order valence-corrected chi connectivity index (χ1v) is 10.1. The molecule has 2 heteroatoms. The fourth-order valence-corrected chi connectivity index (χ4v) is 3.65. The Morgan fingerprint density at radius 3 is 2.31 bits per heavy atom. The Morgan fingerprint density at radius 1 is 0.862 bits per heavy atom. The molecule has 0 amide bonds. The summed E-state index contributed by atoms with van der Waals surface area (Å²) in [6, 6.07) is 29.0. The van der Waals surface area contributed by atoms with E-state index in [0.29, 0.717) is 12.2 Å². The fourth-order valence-electron chi connectivity index (χ4n) is 3.65. The molecule has 4 aromatic carbocycles. The number of unbranched alkanes of at least 4 members (excludes halogenated alkanes) is 1. The smallest absolute Gasteiger partial charge is 0.127 e. The normalized spacial score (nSPS) is 11.5. The Labute approximate surface area is 171 Å². The van der Waals surface area contributed by atoms with Gasteiger partial charge in [-0.3, -0.25) is 0 Å². The second-order valence-electron chi connectivity index (χ2n) is 7.10. The largest absolute Gasteiger partial charge is 0.493 e. The van der Waals surface area contributed by atoms with Crippen LogP contribution in [0.4, 0.5) is 0 Å². The molecule has 0 fully saturated rings. The summed E-state index contributed by atoms with van der Waals surface area (Å²) < 4.78 is 6.10. The number of fused-ring (bicyclic) bond motifs is 2. The van der Waals surface area contributed by atoms with Crippen LogP contribution in [0.2, 0.25) is 0 Å². The van der Waals surface area contributed by atoms with Gasteiger partial charge in [-0.25, -0.2) is 0 Å². The topological polar surface area (TPSA) is 33.0 Å². The van der Waals surface area contributed by atoms with E-state index < -0.39 is 0 Å². The lowest BCUT2D eigenvalue weighted by Crippen LogP contribution is -1.99. The van der Waals surface area contributed by atoms with Crippen LogP contribution >= 0.6 is 0 Å². The molecule has 2 nitrogen and oxygen atoms in total. The third kappa shape index (κ3) is 3.86. The lowest BCUT2D eigenvalue weighted by molar-refractivity contribution is 0.309. The van der Waals surface area contributed by atoms with Gasteiger partial charge < -0.3 is 4.74 Å². The average Bonchev–Trinajstić information content (AvgIpc) is 2.78. The van der Waals surface area contributed by atoms with Crippen LogP contribution in [0.15, 0.2) is 78.9 Å². The van der Waals surface area contributed by atoms with E-state index in [1.165, 1.54) is 0 Å². The summed E-state index contributed by atoms with van der Waals surface area (Å²) in [5.41, 5.74) is 2.54. The minimum Gasteiger partial charge on any atom is -0.493 e. The molecule has 0 aromatic heterocycles. The van der Waals surface area contributed by atoms with Crippen LogP contribution in [-0.2, 0) is 0 Å². The summed E-state index contributed by atoms with van der Waals surface area (Å²) in [4.78, 5) is 0. The van der Waals surface area contributed by atoms with Crippen LogP contribution in [0.3, 0.4) is 0 Å². The maximum Gasteiger partial charge on any atom is 0.127 e. The molecule has 0 aliphatic heterocycles. The van der Waals surface area contributed by atoms with Crippen LogP contribution in [0, 0.1) is 11.3 Å². The van der Waals surface area contributed by atoms with Crippen molar-refractivity contribution in [2.45, 2.75) is 19.8 Å². The molecule has 29 heavy (non-hydrogen) atoms. The Hall–Kier alpha value is -3.57. The molecule has 142 valence electrons. The van der Waals surface area contributed by atoms with E-state index in [2.05, 4.69) is 49.4 Å². The number of benzene rings is 4. The van der Waals surface area contributed by atoms with Gasteiger partial charge in [-0.05, 0) is 40.1 Å². The van der Waals surface area contributed by atoms with Crippen LogP contribution in [0.25, 0.3) is 33.2 Å². The second kappa shape index (κ2) is 8.63. The van der Waals surface area contributed by atoms with Gasteiger partial charge in [0.25, 0.3) is 0 Å². The molecule has 0 N–H and O–H groups in total. The van der Waals surface area contributed by atoms with Crippen molar-refractivity contribution >= 4 is 33.2 Å². The molecule has 0 heterocycles. The van der Waals surface area contributed by atoms with E-state index in [1.807, 2.05) is 48.5 Å². The van der Waals surface area contributed by atoms with Gasteiger partial charge in [0, 0.05) is 11.1 Å². The van der Waals surface area contributed by atoms with Gasteiger partial charge in [-0.15, -0.1) is 0 Å². The highest BCUT2D eigenvalue weighted by atomic mass is 16.5. The summed E-state index contributed by atoms with van der Waals surface area (Å²) in [7, 11) is 0. The van der Waals surface area contributed by atoms with Crippen molar-refractivity contribution in [1.82, 2.24) is 0 Å². The number of hydrogen-bond acceptors (Lipinski definition) is 2. The molecule has 0 unspecified atom stereocenters. The van der Waals surface area contributed by atoms with E-state index in [9.17, 15) is 5.26 Å². The minimum atomic E-state index is 0.637. The van der Waals surface area contributed by atoms with Crippen molar-refractivity contribution in [3.8, 4) is 11.8 Å². The third-order valence-corrected chi connectivity index (χ3v) is 5.18. The van der Waals surface area contributed by atoms with E-state index in [0.717, 1.165) is 51.3 Å². The van der Waals surface area contributed by atoms with E-state index in [4.69, 9.17) is 4.74 Å². The first-order valence-electron chi connectivity index (χ1n) is 10.1. The van der Waals surface area contributed by atoms with Gasteiger partial charge >= 0.3 is 0 Å². The highest BCUT2D eigenvalue weighted by Gasteiger charge is 2.11. The van der Waals surface area contributed by atoms with Crippen LogP contribution < -0.4 is 4.74 Å². The molecular weight excluding hydrogens is 354 g/mol. The maximum absolute atomic E-state index is 10.0. The van der Waals surface area contributed by atoms with Crippen molar-refractivity contribution in [3.05, 3.63) is 90.0 Å². The predicted octanol–water partition coefficient (Wildman–Crippen LogP) is 7.24. The summed E-state index contributed by atoms with van der Waals surface area (Å²) in [5.74, 6) is 0.824. The van der Waals surface area contributed by atoms with Crippen LogP contribution in [-0.4, -0.2) is 6.61 Å². The van der Waals surface area contributed by atoms with Crippen molar-refractivity contribution in [2.75, 3.05) is 6.61 Å². The molecule has 0 spiro atoms. The lowest BCUT2D eigenvalue weighted by Gasteiger charge is -2.13. The highest BCUT2D eigenvalue weighted by Crippen LogP contribution is 2.33. The fraction of sp³-hybridized carbons (Fsp3) is 0.148. The molecule has 0 bridgehead atoms. The van der Waals surface area contributed by atoms with Crippen LogP contribution in [0.5, 0.6) is 5.75 Å². The Balaban J connectivity index is 1.91. The van der Waals surface area contributed by atoms with Gasteiger partial charge in [0.2, 0.25) is 0 Å². The van der Waals surface area contributed by atoms with E-state index >= 15 is 0 Å². The number of rotatable bonds is 6. The molecule has 0 saturated carbocycles. The van der Waals surface area contributed by atoms with Crippen molar-refractivity contribution in [1.29, 1.82) is 5.26 Å².